The molecule has 13 heavy (non-hydrogen) atoms. The van der Waals surface area contributed by atoms with Crippen LogP contribution in [0.5, 0.6) is 0 Å². The van der Waals surface area contributed by atoms with Crippen molar-refractivity contribution in [2.45, 2.75) is 22.8 Å². The zero-order valence-corrected chi connectivity index (χ0v) is 9.78. The molecule has 1 heterocycles. The Hall–Kier alpha value is 0.750. The lowest BCUT2D eigenvalue weighted by Gasteiger charge is -2.52. The highest BCUT2D eigenvalue weighted by Crippen LogP contribution is 2.50. The second kappa shape index (κ2) is 3.72. The zero-order chi connectivity index (χ0) is 10.3. The van der Waals surface area contributed by atoms with E-state index in [1.807, 2.05) is 6.92 Å². The predicted molar refractivity (Wildman–Crippen MR) is 51.1 cm³/mol. The molecule has 0 amide bonds. The van der Waals surface area contributed by atoms with Crippen molar-refractivity contribution in [3.05, 3.63) is 0 Å². The number of ether oxygens (including phenoxy) is 3. The van der Waals surface area contributed by atoms with Crippen molar-refractivity contribution in [3.63, 3.8) is 0 Å². The van der Waals surface area contributed by atoms with Gasteiger partial charge in [-0.25, -0.2) is 0 Å². The molecule has 1 aliphatic heterocycles. The van der Waals surface area contributed by atoms with Crippen LogP contribution in [0.1, 0.15) is 6.92 Å². The van der Waals surface area contributed by atoms with Gasteiger partial charge in [-0.3, -0.25) is 0 Å². The van der Waals surface area contributed by atoms with Crippen molar-refractivity contribution in [2.75, 3.05) is 14.2 Å². The van der Waals surface area contributed by atoms with E-state index in [4.69, 9.17) is 49.0 Å². The molecule has 0 aromatic heterocycles. The van der Waals surface area contributed by atoms with Crippen LogP contribution < -0.4 is 0 Å². The van der Waals surface area contributed by atoms with Gasteiger partial charge in [0.1, 0.15) is 6.10 Å². The molecular formula is C7H11Cl3O3. The van der Waals surface area contributed by atoms with Gasteiger partial charge in [-0.2, -0.15) is 0 Å². The first kappa shape index (κ1) is 11.8. The van der Waals surface area contributed by atoms with Gasteiger partial charge in [0.2, 0.25) is 3.79 Å². The lowest BCUT2D eigenvalue weighted by Crippen LogP contribution is -2.65. The van der Waals surface area contributed by atoms with Crippen LogP contribution in [-0.4, -0.2) is 30.1 Å². The second-order valence-corrected chi connectivity index (χ2v) is 5.25. The average molecular weight is 250 g/mol. The topological polar surface area (TPSA) is 27.7 Å². The molecule has 0 N–H and O–H groups in total. The molecule has 0 saturated carbocycles. The largest absolute Gasteiger partial charge is 0.331 e. The summed E-state index contributed by atoms with van der Waals surface area (Å²) in [6, 6.07) is 0. The van der Waals surface area contributed by atoms with E-state index in [1.165, 1.54) is 14.2 Å². The third-order valence-electron chi connectivity index (χ3n) is 2.19. The Kier molecular flexibility index (Phi) is 3.38. The number of hydrogen-bond acceptors (Lipinski definition) is 3. The maximum absolute atomic E-state index is 5.67. The van der Waals surface area contributed by atoms with Gasteiger partial charge in [-0.05, 0) is 0 Å². The van der Waals surface area contributed by atoms with Crippen molar-refractivity contribution in [3.8, 4) is 0 Å². The number of hydrogen-bond donors (Lipinski definition) is 0. The maximum atomic E-state index is 5.67. The van der Waals surface area contributed by atoms with Crippen molar-refractivity contribution in [1.82, 2.24) is 0 Å². The van der Waals surface area contributed by atoms with Crippen LogP contribution in [0, 0.1) is 5.92 Å². The van der Waals surface area contributed by atoms with E-state index in [0.717, 1.165) is 0 Å². The summed E-state index contributed by atoms with van der Waals surface area (Å²) in [7, 11) is 2.96. The normalized spacial score (nSPS) is 32.8. The summed E-state index contributed by atoms with van der Waals surface area (Å²) < 4.78 is 13.9. The van der Waals surface area contributed by atoms with E-state index >= 15 is 0 Å². The van der Waals surface area contributed by atoms with Gasteiger partial charge in [0.25, 0.3) is 5.97 Å². The van der Waals surface area contributed by atoms with Gasteiger partial charge in [0, 0.05) is 14.2 Å². The second-order valence-electron chi connectivity index (χ2n) is 2.88. The highest BCUT2D eigenvalue weighted by Gasteiger charge is 2.61. The molecule has 2 atom stereocenters. The van der Waals surface area contributed by atoms with Gasteiger partial charge in [0.05, 0.1) is 5.92 Å². The molecule has 1 saturated heterocycles. The Balaban J connectivity index is 2.65. The zero-order valence-electron chi connectivity index (χ0n) is 7.51. The van der Waals surface area contributed by atoms with E-state index in [-0.39, 0.29) is 5.92 Å². The summed E-state index contributed by atoms with van der Waals surface area (Å²) >= 11 is 17.0. The molecule has 0 aromatic carbocycles. The lowest BCUT2D eigenvalue weighted by molar-refractivity contribution is -0.476. The monoisotopic (exact) mass is 248 g/mol. The summed E-state index contributed by atoms with van der Waals surface area (Å²) in [5.74, 6) is -1.19. The van der Waals surface area contributed by atoms with Crippen molar-refractivity contribution < 1.29 is 14.2 Å². The molecule has 0 spiro atoms. The van der Waals surface area contributed by atoms with Crippen LogP contribution in [0.2, 0.25) is 0 Å². The van der Waals surface area contributed by atoms with E-state index in [1.54, 1.807) is 0 Å². The minimum absolute atomic E-state index is 0.130. The molecule has 1 rings (SSSR count). The first-order valence-electron chi connectivity index (χ1n) is 3.72. The fourth-order valence-electron chi connectivity index (χ4n) is 1.40. The van der Waals surface area contributed by atoms with Gasteiger partial charge in [0.15, 0.2) is 0 Å². The summed E-state index contributed by atoms with van der Waals surface area (Å²) in [6.45, 7) is 1.84. The molecular weight excluding hydrogens is 238 g/mol. The number of methoxy groups -OCH3 is 2. The Morgan fingerprint density at radius 1 is 1.23 bits per heavy atom. The van der Waals surface area contributed by atoms with E-state index < -0.39 is 15.9 Å². The Bertz CT molecular complexity index is 188. The summed E-state index contributed by atoms with van der Waals surface area (Å²) in [5.41, 5.74) is 0. The molecule has 0 bridgehead atoms. The van der Waals surface area contributed by atoms with Crippen LogP contribution in [0.4, 0.5) is 0 Å². The van der Waals surface area contributed by atoms with Crippen molar-refractivity contribution >= 4 is 34.8 Å². The highest BCUT2D eigenvalue weighted by atomic mass is 35.6. The van der Waals surface area contributed by atoms with Crippen LogP contribution in [-0.2, 0) is 14.2 Å². The Labute approximate surface area is 92.2 Å². The molecule has 78 valence electrons. The van der Waals surface area contributed by atoms with Crippen LogP contribution >= 0.6 is 34.8 Å². The Morgan fingerprint density at radius 3 is 1.92 bits per heavy atom. The van der Waals surface area contributed by atoms with Gasteiger partial charge in [-0.15, -0.1) is 0 Å². The minimum Gasteiger partial charge on any atom is -0.331 e. The van der Waals surface area contributed by atoms with E-state index in [0.29, 0.717) is 0 Å². The summed E-state index contributed by atoms with van der Waals surface area (Å²) in [5, 5.41) is 0. The van der Waals surface area contributed by atoms with Crippen LogP contribution in [0.15, 0.2) is 0 Å². The molecule has 1 fully saturated rings. The van der Waals surface area contributed by atoms with Crippen LogP contribution in [0.3, 0.4) is 0 Å². The lowest BCUT2D eigenvalue weighted by atomic mass is 9.96. The fraction of sp³-hybridized carbons (Fsp3) is 1.00. The molecule has 0 aliphatic carbocycles. The Morgan fingerprint density at radius 2 is 1.69 bits per heavy atom. The van der Waals surface area contributed by atoms with Gasteiger partial charge in [-0.1, -0.05) is 41.7 Å². The SMILES string of the molecule is COC1(OC)OC(C(Cl)(Cl)Cl)C1C. The quantitative estimate of drug-likeness (QED) is 0.555. The predicted octanol–water partition coefficient (Wildman–Crippen LogP) is 2.34. The maximum Gasteiger partial charge on any atom is 0.288 e. The molecule has 3 nitrogen and oxygen atoms in total. The smallest absolute Gasteiger partial charge is 0.288 e. The number of halogens is 3. The number of alkyl halides is 3. The molecule has 0 aromatic rings. The van der Waals surface area contributed by atoms with Crippen LogP contribution in [0.25, 0.3) is 0 Å². The minimum atomic E-state index is -1.44. The van der Waals surface area contributed by atoms with Crippen molar-refractivity contribution in [2.24, 2.45) is 5.92 Å². The molecule has 1 aliphatic rings. The van der Waals surface area contributed by atoms with Crippen molar-refractivity contribution in [1.29, 1.82) is 0 Å². The first-order valence-corrected chi connectivity index (χ1v) is 4.85. The highest BCUT2D eigenvalue weighted by molar-refractivity contribution is 6.68. The third-order valence-corrected chi connectivity index (χ3v) is 2.84. The standard InChI is InChI=1S/C7H11Cl3O3/c1-4-5(6(8,9)10)13-7(4,11-2)12-3/h4-5H,1-3H3. The summed E-state index contributed by atoms with van der Waals surface area (Å²) in [4.78, 5) is 0. The molecule has 0 radical (unpaired) electrons. The van der Waals surface area contributed by atoms with Gasteiger partial charge >= 0.3 is 0 Å². The summed E-state index contributed by atoms with van der Waals surface area (Å²) in [6.07, 6.45) is -0.502. The first-order chi connectivity index (χ1) is 5.87. The third kappa shape index (κ3) is 1.91. The van der Waals surface area contributed by atoms with Gasteiger partial charge < -0.3 is 14.2 Å². The average Bonchev–Trinajstić information content (AvgIpc) is 2.02. The molecule has 2 unspecified atom stereocenters. The van der Waals surface area contributed by atoms with E-state index in [9.17, 15) is 0 Å². The molecule has 6 heteroatoms. The van der Waals surface area contributed by atoms with E-state index in [2.05, 4.69) is 0 Å². The fourth-order valence-corrected chi connectivity index (χ4v) is 2.10. The number of rotatable bonds is 2.